The number of thiocarbonyl (C=S) groups is 1. The predicted molar refractivity (Wildman–Crippen MR) is 92.8 cm³/mol. The summed E-state index contributed by atoms with van der Waals surface area (Å²) in [6.07, 6.45) is 1.46. The maximum Gasteiger partial charge on any atom is 0.270 e. The molecular formula is C14H13ClN4O3S. The zero-order valence-corrected chi connectivity index (χ0v) is 13.6. The summed E-state index contributed by atoms with van der Waals surface area (Å²) in [7, 11) is 0. The van der Waals surface area contributed by atoms with Crippen molar-refractivity contribution < 1.29 is 9.34 Å². The molecule has 0 spiro atoms. The standard InChI is InChI=1S/C14H13ClN4O3S/c1-2-16-14(23)18-17-8-10-4-6-13(22-10)11-5-3-9(19(20)21)7-12(11)15/h3-8H,2H2,1H3,(H2,16,18,23). The van der Waals surface area contributed by atoms with Crippen molar-refractivity contribution in [2.45, 2.75) is 6.92 Å². The van der Waals surface area contributed by atoms with Crippen molar-refractivity contribution in [3.05, 3.63) is 51.2 Å². The van der Waals surface area contributed by atoms with Gasteiger partial charge in [-0.05, 0) is 37.3 Å². The monoisotopic (exact) mass is 352 g/mol. The smallest absolute Gasteiger partial charge is 0.270 e. The third-order valence-electron chi connectivity index (χ3n) is 2.75. The van der Waals surface area contributed by atoms with Crippen molar-refractivity contribution in [3.63, 3.8) is 0 Å². The first kappa shape index (κ1) is 16.9. The minimum atomic E-state index is -0.505. The van der Waals surface area contributed by atoms with Crippen LogP contribution >= 0.6 is 23.8 Å². The van der Waals surface area contributed by atoms with E-state index in [4.69, 9.17) is 28.2 Å². The average molecular weight is 353 g/mol. The maximum absolute atomic E-state index is 10.7. The first-order valence-electron chi connectivity index (χ1n) is 6.62. The summed E-state index contributed by atoms with van der Waals surface area (Å²) in [5.41, 5.74) is 3.13. The zero-order chi connectivity index (χ0) is 16.8. The van der Waals surface area contributed by atoms with E-state index in [1.165, 1.54) is 18.3 Å². The number of halogens is 1. The molecule has 1 heterocycles. The van der Waals surface area contributed by atoms with E-state index in [-0.39, 0.29) is 10.7 Å². The molecule has 0 unspecified atom stereocenters. The number of nitrogens with one attached hydrogen (secondary N) is 2. The van der Waals surface area contributed by atoms with Crippen molar-refractivity contribution >= 4 is 40.8 Å². The van der Waals surface area contributed by atoms with E-state index in [2.05, 4.69) is 15.8 Å². The molecule has 0 saturated heterocycles. The van der Waals surface area contributed by atoms with Crippen LogP contribution in [0.5, 0.6) is 0 Å². The Bertz CT molecular complexity index is 760. The van der Waals surface area contributed by atoms with Crippen LogP contribution in [0.3, 0.4) is 0 Å². The number of nitro groups is 1. The third-order valence-corrected chi connectivity index (χ3v) is 3.30. The molecule has 23 heavy (non-hydrogen) atoms. The van der Waals surface area contributed by atoms with Crippen molar-refractivity contribution in [3.8, 4) is 11.3 Å². The first-order chi connectivity index (χ1) is 11.0. The van der Waals surface area contributed by atoms with Gasteiger partial charge < -0.3 is 9.73 Å². The van der Waals surface area contributed by atoms with E-state index in [1.807, 2.05) is 6.92 Å². The number of furan rings is 1. The van der Waals surface area contributed by atoms with E-state index < -0.39 is 4.92 Å². The molecular weight excluding hydrogens is 340 g/mol. The number of non-ortho nitro benzene ring substituents is 1. The van der Waals surface area contributed by atoms with Crippen LogP contribution in [0.1, 0.15) is 12.7 Å². The molecule has 0 atom stereocenters. The molecule has 0 amide bonds. The summed E-state index contributed by atoms with van der Waals surface area (Å²) in [6, 6.07) is 7.60. The maximum atomic E-state index is 10.7. The van der Waals surface area contributed by atoms with Gasteiger partial charge in [0.1, 0.15) is 11.5 Å². The second-order valence-corrected chi connectivity index (χ2v) is 5.17. The lowest BCUT2D eigenvalue weighted by molar-refractivity contribution is -0.384. The summed E-state index contributed by atoms with van der Waals surface area (Å²) in [4.78, 5) is 10.2. The SMILES string of the molecule is CCNC(=S)NN=Cc1ccc(-c2ccc([N+](=O)[O-])cc2Cl)o1. The largest absolute Gasteiger partial charge is 0.455 e. The van der Waals surface area contributed by atoms with Gasteiger partial charge in [0.05, 0.1) is 16.2 Å². The van der Waals surface area contributed by atoms with Gasteiger partial charge in [0.15, 0.2) is 5.11 Å². The molecule has 2 N–H and O–H groups in total. The molecule has 0 aliphatic carbocycles. The van der Waals surface area contributed by atoms with Crippen LogP contribution in [0.25, 0.3) is 11.3 Å². The number of nitrogens with zero attached hydrogens (tertiary/aromatic N) is 2. The molecule has 2 rings (SSSR count). The van der Waals surface area contributed by atoms with Crippen molar-refractivity contribution in [2.75, 3.05) is 6.54 Å². The summed E-state index contributed by atoms with van der Waals surface area (Å²) >= 11 is 11.0. The molecule has 1 aromatic heterocycles. The van der Waals surface area contributed by atoms with E-state index >= 15 is 0 Å². The van der Waals surface area contributed by atoms with Crippen LogP contribution in [0.4, 0.5) is 5.69 Å². The third kappa shape index (κ3) is 4.51. The molecule has 0 radical (unpaired) electrons. The van der Waals surface area contributed by atoms with Gasteiger partial charge in [-0.25, -0.2) is 0 Å². The molecule has 0 aliphatic rings. The van der Waals surface area contributed by atoms with Crippen molar-refractivity contribution in [2.24, 2.45) is 5.10 Å². The summed E-state index contributed by atoms with van der Waals surface area (Å²) < 4.78 is 5.59. The van der Waals surface area contributed by atoms with Crippen LogP contribution in [0.15, 0.2) is 39.9 Å². The number of hydrogen-bond acceptors (Lipinski definition) is 5. The summed E-state index contributed by atoms with van der Waals surface area (Å²) in [6.45, 7) is 2.62. The van der Waals surface area contributed by atoms with Gasteiger partial charge >= 0.3 is 0 Å². The Morgan fingerprint density at radius 2 is 2.26 bits per heavy atom. The van der Waals surface area contributed by atoms with E-state index in [1.54, 1.807) is 18.2 Å². The number of benzene rings is 1. The fraction of sp³-hybridized carbons (Fsp3) is 0.143. The van der Waals surface area contributed by atoms with Gasteiger partial charge in [-0.3, -0.25) is 15.5 Å². The quantitative estimate of drug-likeness (QED) is 0.371. The molecule has 1 aromatic carbocycles. The van der Waals surface area contributed by atoms with Gasteiger partial charge in [-0.1, -0.05) is 11.6 Å². The van der Waals surface area contributed by atoms with Crippen molar-refractivity contribution in [1.82, 2.24) is 10.7 Å². The van der Waals surface area contributed by atoms with Crippen LogP contribution < -0.4 is 10.7 Å². The van der Waals surface area contributed by atoms with Gasteiger partial charge in [-0.15, -0.1) is 0 Å². The second-order valence-electron chi connectivity index (χ2n) is 4.35. The fourth-order valence-corrected chi connectivity index (χ4v) is 2.20. The predicted octanol–water partition coefficient (Wildman–Crippen LogP) is 3.33. The lowest BCUT2D eigenvalue weighted by Gasteiger charge is -2.02. The highest BCUT2D eigenvalue weighted by atomic mass is 35.5. The topological polar surface area (TPSA) is 92.7 Å². The van der Waals surface area contributed by atoms with Crippen LogP contribution in [0.2, 0.25) is 5.02 Å². The van der Waals surface area contributed by atoms with Crippen molar-refractivity contribution in [1.29, 1.82) is 0 Å². The molecule has 0 aliphatic heterocycles. The highest BCUT2D eigenvalue weighted by molar-refractivity contribution is 7.80. The zero-order valence-electron chi connectivity index (χ0n) is 12.1. The van der Waals surface area contributed by atoms with E-state index in [0.717, 1.165) is 0 Å². The van der Waals surface area contributed by atoms with Gasteiger partial charge in [0, 0.05) is 24.2 Å². The Morgan fingerprint density at radius 3 is 2.91 bits per heavy atom. The molecule has 7 nitrogen and oxygen atoms in total. The molecule has 0 saturated carbocycles. The summed E-state index contributed by atoms with van der Waals surface area (Å²) in [5.74, 6) is 0.974. The Balaban J connectivity index is 2.11. The van der Waals surface area contributed by atoms with E-state index in [9.17, 15) is 10.1 Å². The number of hydrazone groups is 1. The van der Waals surface area contributed by atoms with Crippen LogP contribution in [-0.4, -0.2) is 22.8 Å². The molecule has 0 bridgehead atoms. The molecule has 0 fully saturated rings. The Kier molecular flexibility index (Phi) is 5.67. The lowest BCUT2D eigenvalue weighted by Crippen LogP contribution is -2.31. The summed E-state index contributed by atoms with van der Waals surface area (Å²) in [5, 5.41) is 18.2. The van der Waals surface area contributed by atoms with E-state index in [0.29, 0.717) is 28.7 Å². The van der Waals surface area contributed by atoms with Gasteiger partial charge in [0.2, 0.25) is 0 Å². The highest BCUT2D eigenvalue weighted by Gasteiger charge is 2.13. The molecule has 120 valence electrons. The number of hydrogen-bond donors (Lipinski definition) is 2. The number of nitro benzene ring substituents is 1. The lowest BCUT2D eigenvalue weighted by atomic mass is 10.1. The normalized spacial score (nSPS) is 10.7. The average Bonchev–Trinajstić information content (AvgIpc) is 2.96. The van der Waals surface area contributed by atoms with Crippen LogP contribution in [0, 0.1) is 10.1 Å². The Hall–Kier alpha value is -2.45. The molecule has 2 aromatic rings. The minimum absolute atomic E-state index is 0.0757. The fourth-order valence-electron chi connectivity index (χ4n) is 1.74. The number of rotatable bonds is 5. The Labute approximate surface area is 142 Å². The van der Waals surface area contributed by atoms with Gasteiger partial charge in [-0.2, -0.15) is 5.10 Å². The van der Waals surface area contributed by atoms with Gasteiger partial charge in [0.25, 0.3) is 5.69 Å². The molecule has 9 heteroatoms. The van der Waals surface area contributed by atoms with Crippen LogP contribution in [-0.2, 0) is 0 Å². The highest BCUT2D eigenvalue weighted by Crippen LogP contribution is 2.31. The first-order valence-corrected chi connectivity index (χ1v) is 7.41. The Morgan fingerprint density at radius 1 is 1.48 bits per heavy atom. The second kappa shape index (κ2) is 7.70. The minimum Gasteiger partial charge on any atom is -0.455 e.